The lowest BCUT2D eigenvalue weighted by Crippen LogP contribution is -2.07. The Labute approximate surface area is 152 Å². The lowest BCUT2D eigenvalue weighted by atomic mass is 10.2. The Kier molecular flexibility index (Phi) is 5.68. The van der Waals surface area contributed by atoms with Crippen molar-refractivity contribution in [2.75, 3.05) is 12.4 Å². The van der Waals surface area contributed by atoms with Crippen molar-refractivity contribution in [3.63, 3.8) is 0 Å². The van der Waals surface area contributed by atoms with Crippen LogP contribution in [-0.4, -0.2) is 13.0 Å². The smallest absolute Gasteiger partial charge is 0.248 e. The Morgan fingerprint density at radius 1 is 0.846 bits per heavy atom. The number of nitrogens with one attached hydrogen (secondary N) is 1. The van der Waals surface area contributed by atoms with Crippen LogP contribution in [0.4, 0.5) is 5.69 Å². The van der Waals surface area contributed by atoms with Gasteiger partial charge in [0.05, 0.1) is 7.11 Å². The second kappa shape index (κ2) is 8.53. The van der Waals surface area contributed by atoms with Gasteiger partial charge in [-0.2, -0.15) is 0 Å². The van der Waals surface area contributed by atoms with Gasteiger partial charge in [0.2, 0.25) is 5.91 Å². The minimum absolute atomic E-state index is 0.218. The van der Waals surface area contributed by atoms with Crippen LogP contribution in [0.25, 0.3) is 6.08 Å². The molecule has 0 unspecified atom stereocenters. The molecule has 0 bridgehead atoms. The minimum atomic E-state index is -0.218. The highest BCUT2D eigenvalue weighted by Crippen LogP contribution is 2.23. The summed E-state index contributed by atoms with van der Waals surface area (Å²) < 4.78 is 10.9. The summed E-state index contributed by atoms with van der Waals surface area (Å²) in [6.07, 6.45) is 3.22. The van der Waals surface area contributed by atoms with Crippen molar-refractivity contribution in [2.24, 2.45) is 0 Å². The van der Waals surface area contributed by atoms with E-state index in [0.717, 1.165) is 17.1 Å². The molecule has 26 heavy (non-hydrogen) atoms. The molecule has 0 spiro atoms. The molecule has 4 nitrogen and oxygen atoms in total. The summed E-state index contributed by atoms with van der Waals surface area (Å²) in [5, 5.41) is 2.83. The van der Waals surface area contributed by atoms with Gasteiger partial charge in [-0.05, 0) is 48.0 Å². The molecule has 0 heterocycles. The van der Waals surface area contributed by atoms with E-state index in [0.29, 0.717) is 11.4 Å². The minimum Gasteiger partial charge on any atom is -0.497 e. The van der Waals surface area contributed by atoms with Crippen LogP contribution in [0.1, 0.15) is 5.56 Å². The average molecular weight is 345 g/mol. The van der Waals surface area contributed by atoms with Crippen LogP contribution in [0.5, 0.6) is 17.2 Å². The highest BCUT2D eigenvalue weighted by molar-refractivity contribution is 6.02. The van der Waals surface area contributed by atoms with Gasteiger partial charge in [-0.1, -0.05) is 36.4 Å². The molecule has 3 aromatic rings. The van der Waals surface area contributed by atoms with Crippen molar-refractivity contribution < 1.29 is 14.3 Å². The quantitative estimate of drug-likeness (QED) is 0.629. The van der Waals surface area contributed by atoms with Crippen molar-refractivity contribution in [3.8, 4) is 17.2 Å². The molecule has 4 heteroatoms. The van der Waals surface area contributed by atoms with E-state index in [1.165, 1.54) is 6.08 Å². The Balaban J connectivity index is 1.63. The third-order valence-electron chi connectivity index (χ3n) is 3.60. The number of hydrogen-bond acceptors (Lipinski definition) is 3. The summed E-state index contributed by atoms with van der Waals surface area (Å²) in [5.41, 5.74) is 1.55. The number of amides is 1. The normalized spacial score (nSPS) is 10.5. The first-order valence-corrected chi connectivity index (χ1v) is 8.19. The molecule has 0 radical (unpaired) electrons. The molecule has 0 aliphatic rings. The molecule has 130 valence electrons. The molecular formula is C22H19NO3. The molecule has 0 atom stereocenters. The Bertz CT molecular complexity index is 904. The van der Waals surface area contributed by atoms with Gasteiger partial charge in [0, 0.05) is 17.8 Å². The maximum atomic E-state index is 12.1. The average Bonchev–Trinajstić information content (AvgIpc) is 2.68. The van der Waals surface area contributed by atoms with Gasteiger partial charge in [0.15, 0.2) is 0 Å². The van der Waals surface area contributed by atoms with Crippen LogP contribution >= 0.6 is 0 Å². The number of carbonyl (C=O) groups excluding carboxylic acids is 1. The zero-order valence-electron chi connectivity index (χ0n) is 14.4. The van der Waals surface area contributed by atoms with Crippen LogP contribution in [0, 0.1) is 0 Å². The SMILES string of the molecule is COc1cccc(/C=C/C(=O)Nc2cccc(Oc3ccccc3)c2)c1. The fourth-order valence-corrected chi connectivity index (χ4v) is 2.36. The molecule has 0 aromatic heterocycles. The molecule has 0 aliphatic carbocycles. The van der Waals surface area contributed by atoms with Crippen molar-refractivity contribution >= 4 is 17.7 Å². The van der Waals surface area contributed by atoms with Crippen LogP contribution in [0.3, 0.4) is 0 Å². The highest BCUT2D eigenvalue weighted by Gasteiger charge is 2.02. The Morgan fingerprint density at radius 3 is 2.38 bits per heavy atom. The third-order valence-corrected chi connectivity index (χ3v) is 3.60. The summed E-state index contributed by atoms with van der Waals surface area (Å²) in [5.74, 6) is 1.93. The zero-order valence-corrected chi connectivity index (χ0v) is 14.4. The number of anilines is 1. The number of benzene rings is 3. The van der Waals surface area contributed by atoms with Crippen LogP contribution in [0.2, 0.25) is 0 Å². The molecule has 1 amide bonds. The van der Waals surface area contributed by atoms with Crippen molar-refractivity contribution in [3.05, 3.63) is 90.5 Å². The summed E-state index contributed by atoms with van der Waals surface area (Å²) in [6, 6.07) is 24.3. The summed E-state index contributed by atoms with van der Waals surface area (Å²) in [6.45, 7) is 0. The molecular weight excluding hydrogens is 326 g/mol. The summed E-state index contributed by atoms with van der Waals surface area (Å²) >= 11 is 0. The number of ether oxygens (including phenoxy) is 2. The van der Waals surface area contributed by atoms with Gasteiger partial charge < -0.3 is 14.8 Å². The van der Waals surface area contributed by atoms with E-state index in [2.05, 4.69) is 5.32 Å². The van der Waals surface area contributed by atoms with Gasteiger partial charge in [-0.15, -0.1) is 0 Å². The molecule has 0 fully saturated rings. The standard InChI is InChI=1S/C22H19NO3/c1-25-20-11-5-7-17(15-20)13-14-22(24)23-18-8-6-12-21(16-18)26-19-9-3-2-4-10-19/h2-16H,1H3,(H,23,24)/b14-13+. The first kappa shape index (κ1) is 17.3. The van der Waals surface area contributed by atoms with E-state index < -0.39 is 0 Å². The molecule has 0 saturated carbocycles. The monoisotopic (exact) mass is 345 g/mol. The van der Waals surface area contributed by atoms with Gasteiger partial charge in [0.25, 0.3) is 0 Å². The fourth-order valence-electron chi connectivity index (χ4n) is 2.36. The number of methoxy groups -OCH3 is 1. The van der Waals surface area contributed by atoms with E-state index in [1.807, 2.05) is 72.8 Å². The molecule has 3 rings (SSSR count). The first-order valence-electron chi connectivity index (χ1n) is 8.19. The topological polar surface area (TPSA) is 47.6 Å². The largest absolute Gasteiger partial charge is 0.497 e. The van der Waals surface area contributed by atoms with Gasteiger partial charge >= 0.3 is 0 Å². The van der Waals surface area contributed by atoms with Gasteiger partial charge in [0.1, 0.15) is 17.2 Å². The van der Waals surface area contributed by atoms with E-state index >= 15 is 0 Å². The van der Waals surface area contributed by atoms with E-state index in [-0.39, 0.29) is 5.91 Å². The summed E-state index contributed by atoms with van der Waals surface area (Å²) in [7, 11) is 1.61. The van der Waals surface area contributed by atoms with Crippen LogP contribution < -0.4 is 14.8 Å². The van der Waals surface area contributed by atoms with Crippen LogP contribution in [0.15, 0.2) is 84.9 Å². The van der Waals surface area contributed by atoms with Crippen LogP contribution in [-0.2, 0) is 4.79 Å². The molecule has 1 N–H and O–H groups in total. The second-order valence-electron chi connectivity index (χ2n) is 5.54. The number of carbonyl (C=O) groups is 1. The highest BCUT2D eigenvalue weighted by atomic mass is 16.5. The lowest BCUT2D eigenvalue weighted by Gasteiger charge is -2.08. The second-order valence-corrected chi connectivity index (χ2v) is 5.54. The first-order chi connectivity index (χ1) is 12.7. The predicted octanol–water partition coefficient (Wildman–Crippen LogP) is 5.14. The fraction of sp³-hybridized carbons (Fsp3) is 0.0455. The molecule has 0 saturated heterocycles. The summed E-state index contributed by atoms with van der Waals surface area (Å²) in [4.78, 5) is 12.1. The number of para-hydroxylation sites is 1. The third kappa shape index (κ3) is 4.98. The van der Waals surface area contributed by atoms with Crippen molar-refractivity contribution in [2.45, 2.75) is 0 Å². The predicted molar refractivity (Wildman–Crippen MR) is 104 cm³/mol. The number of rotatable bonds is 6. The molecule has 3 aromatic carbocycles. The maximum absolute atomic E-state index is 12.1. The zero-order chi connectivity index (χ0) is 18.2. The van der Waals surface area contributed by atoms with Crippen molar-refractivity contribution in [1.82, 2.24) is 0 Å². The number of hydrogen-bond donors (Lipinski definition) is 1. The van der Waals surface area contributed by atoms with E-state index in [1.54, 1.807) is 19.3 Å². The van der Waals surface area contributed by atoms with Gasteiger partial charge in [-0.3, -0.25) is 4.79 Å². The lowest BCUT2D eigenvalue weighted by molar-refractivity contribution is -0.111. The maximum Gasteiger partial charge on any atom is 0.248 e. The molecule has 0 aliphatic heterocycles. The van der Waals surface area contributed by atoms with Crippen molar-refractivity contribution in [1.29, 1.82) is 0 Å². The van der Waals surface area contributed by atoms with E-state index in [9.17, 15) is 4.79 Å². The van der Waals surface area contributed by atoms with E-state index in [4.69, 9.17) is 9.47 Å². The Hall–Kier alpha value is -3.53. The van der Waals surface area contributed by atoms with Gasteiger partial charge in [-0.25, -0.2) is 0 Å². The Morgan fingerprint density at radius 2 is 1.58 bits per heavy atom.